The van der Waals surface area contributed by atoms with E-state index in [0.29, 0.717) is 41.7 Å². The number of nitrogens with one attached hydrogen (secondary N) is 1. The third-order valence-electron chi connectivity index (χ3n) is 4.93. The second-order valence-corrected chi connectivity index (χ2v) is 7.61. The van der Waals surface area contributed by atoms with Gasteiger partial charge in [-0.2, -0.15) is 5.10 Å². The van der Waals surface area contributed by atoms with Gasteiger partial charge in [-0.1, -0.05) is 36.4 Å². The third-order valence-corrected chi connectivity index (χ3v) is 4.93. The van der Waals surface area contributed by atoms with Crippen molar-refractivity contribution in [1.29, 1.82) is 0 Å². The zero-order chi connectivity index (χ0) is 22.5. The molecule has 4 aromatic rings. The van der Waals surface area contributed by atoms with Gasteiger partial charge in [0.05, 0.1) is 6.04 Å². The van der Waals surface area contributed by atoms with E-state index < -0.39 is 0 Å². The van der Waals surface area contributed by atoms with Crippen molar-refractivity contribution in [3.8, 4) is 22.6 Å². The fraction of sp³-hybridized carbons (Fsp3) is 0.208. The fourth-order valence-electron chi connectivity index (χ4n) is 3.33. The second kappa shape index (κ2) is 9.38. The molecule has 162 valence electrons. The molecule has 8 nitrogen and oxygen atoms in total. The van der Waals surface area contributed by atoms with Crippen molar-refractivity contribution >= 4 is 11.6 Å². The van der Waals surface area contributed by atoms with Gasteiger partial charge in [0.1, 0.15) is 17.1 Å². The molecule has 0 saturated carbocycles. The predicted octanol–water partition coefficient (Wildman–Crippen LogP) is 3.58. The Bertz CT molecular complexity index is 1250. The first kappa shape index (κ1) is 21.2. The van der Waals surface area contributed by atoms with Crippen molar-refractivity contribution in [1.82, 2.24) is 24.7 Å². The number of nitrogen functional groups attached to an aromatic ring is 1. The number of nitrogens with zero attached hydrogens (tertiary/aromatic N) is 5. The van der Waals surface area contributed by atoms with Crippen LogP contribution in [0.3, 0.4) is 0 Å². The summed E-state index contributed by atoms with van der Waals surface area (Å²) in [6, 6.07) is 18.6. The molecule has 0 aliphatic carbocycles. The Morgan fingerprint density at radius 1 is 0.969 bits per heavy atom. The number of aromatic nitrogens is 5. The van der Waals surface area contributed by atoms with Crippen LogP contribution in [0.4, 0.5) is 11.6 Å². The average Bonchev–Trinajstić information content (AvgIpc) is 2.81. The number of benzene rings is 1. The molecule has 3 heterocycles. The molecule has 32 heavy (non-hydrogen) atoms. The standard InChI is InChI=1S/C24H25N7O/c1-16(2)31-20(32)12-11-19(30-31)22-21(17-8-4-3-5-9-17)28-23(25)24(29-22)27-15-13-18-10-6-7-14-26-18/h3-12,14,16H,13,15H2,1-2H3,(H2,25,28)(H,27,29). The van der Waals surface area contributed by atoms with E-state index in [1.807, 2.05) is 62.4 Å². The van der Waals surface area contributed by atoms with Gasteiger partial charge < -0.3 is 11.1 Å². The molecular weight excluding hydrogens is 402 g/mol. The third kappa shape index (κ3) is 4.64. The lowest BCUT2D eigenvalue weighted by Crippen LogP contribution is -2.24. The van der Waals surface area contributed by atoms with Gasteiger partial charge in [0.25, 0.3) is 5.56 Å². The van der Waals surface area contributed by atoms with E-state index in [1.165, 1.54) is 10.7 Å². The highest BCUT2D eigenvalue weighted by atomic mass is 16.1. The minimum atomic E-state index is -0.165. The maximum absolute atomic E-state index is 12.2. The van der Waals surface area contributed by atoms with Crippen LogP contribution in [0.25, 0.3) is 22.6 Å². The highest BCUT2D eigenvalue weighted by Gasteiger charge is 2.18. The molecule has 3 aromatic heterocycles. The minimum absolute atomic E-state index is 0.0830. The number of hydrogen-bond donors (Lipinski definition) is 2. The summed E-state index contributed by atoms with van der Waals surface area (Å²) < 4.78 is 1.44. The number of nitrogens with two attached hydrogens (primary N) is 1. The van der Waals surface area contributed by atoms with E-state index in [-0.39, 0.29) is 11.6 Å². The molecule has 4 rings (SSSR count). The summed E-state index contributed by atoms with van der Waals surface area (Å²) in [7, 11) is 0. The number of rotatable bonds is 7. The van der Waals surface area contributed by atoms with Gasteiger partial charge in [0.15, 0.2) is 11.6 Å². The Kier molecular flexibility index (Phi) is 6.21. The SMILES string of the molecule is CC(C)n1nc(-c2nc(NCCc3ccccn3)c(N)nc2-c2ccccc2)ccc1=O. The van der Waals surface area contributed by atoms with E-state index in [9.17, 15) is 4.79 Å². The molecule has 1 aromatic carbocycles. The van der Waals surface area contributed by atoms with Crippen LogP contribution < -0.4 is 16.6 Å². The molecule has 0 bridgehead atoms. The monoisotopic (exact) mass is 427 g/mol. The van der Waals surface area contributed by atoms with Gasteiger partial charge in [0, 0.05) is 36.5 Å². The largest absolute Gasteiger partial charge is 0.381 e. The molecule has 0 atom stereocenters. The number of hydrogen-bond acceptors (Lipinski definition) is 7. The van der Waals surface area contributed by atoms with Gasteiger partial charge in [0.2, 0.25) is 0 Å². The Morgan fingerprint density at radius 3 is 2.47 bits per heavy atom. The predicted molar refractivity (Wildman–Crippen MR) is 126 cm³/mol. The van der Waals surface area contributed by atoms with Crippen LogP contribution in [-0.2, 0) is 6.42 Å². The summed E-state index contributed by atoms with van der Waals surface area (Å²) in [5.41, 5.74) is 9.65. The van der Waals surface area contributed by atoms with Crippen LogP contribution >= 0.6 is 0 Å². The molecule has 3 N–H and O–H groups in total. The van der Waals surface area contributed by atoms with Gasteiger partial charge in [-0.15, -0.1) is 0 Å². The van der Waals surface area contributed by atoms with E-state index in [2.05, 4.69) is 20.4 Å². The first-order chi connectivity index (χ1) is 15.5. The first-order valence-corrected chi connectivity index (χ1v) is 10.5. The van der Waals surface area contributed by atoms with E-state index >= 15 is 0 Å². The minimum Gasteiger partial charge on any atom is -0.381 e. The lowest BCUT2D eigenvalue weighted by atomic mass is 10.1. The Hall–Kier alpha value is -4.07. The van der Waals surface area contributed by atoms with Gasteiger partial charge in [-0.3, -0.25) is 9.78 Å². The van der Waals surface area contributed by atoms with Crippen LogP contribution in [-0.4, -0.2) is 31.3 Å². The lowest BCUT2D eigenvalue weighted by molar-refractivity contribution is 0.504. The van der Waals surface area contributed by atoms with E-state index in [4.69, 9.17) is 10.7 Å². The molecular formula is C24H25N7O. The Morgan fingerprint density at radius 2 is 1.75 bits per heavy atom. The molecule has 8 heteroatoms. The lowest BCUT2D eigenvalue weighted by Gasteiger charge is -2.15. The molecule has 0 aliphatic rings. The molecule has 0 aliphatic heterocycles. The summed E-state index contributed by atoms with van der Waals surface area (Å²) in [4.78, 5) is 26.0. The van der Waals surface area contributed by atoms with Gasteiger partial charge in [-0.05, 0) is 32.0 Å². The average molecular weight is 428 g/mol. The highest BCUT2D eigenvalue weighted by Crippen LogP contribution is 2.31. The van der Waals surface area contributed by atoms with Crippen molar-refractivity contribution in [2.45, 2.75) is 26.3 Å². The summed E-state index contributed by atoms with van der Waals surface area (Å²) in [6.45, 7) is 4.42. The first-order valence-electron chi connectivity index (χ1n) is 10.5. The summed E-state index contributed by atoms with van der Waals surface area (Å²) in [5, 5.41) is 7.81. The maximum Gasteiger partial charge on any atom is 0.267 e. The van der Waals surface area contributed by atoms with Crippen molar-refractivity contribution in [3.63, 3.8) is 0 Å². The highest BCUT2D eigenvalue weighted by molar-refractivity contribution is 5.79. The van der Waals surface area contributed by atoms with Crippen molar-refractivity contribution in [3.05, 3.63) is 82.9 Å². The van der Waals surface area contributed by atoms with Crippen LogP contribution in [0.5, 0.6) is 0 Å². The van der Waals surface area contributed by atoms with Crippen LogP contribution in [0.15, 0.2) is 71.7 Å². The Balaban J connectivity index is 1.74. The molecule has 0 saturated heterocycles. The van der Waals surface area contributed by atoms with Crippen molar-refractivity contribution in [2.75, 3.05) is 17.6 Å². The summed E-state index contributed by atoms with van der Waals surface area (Å²) in [6.07, 6.45) is 2.49. The summed E-state index contributed by atoms with van der Waals surface area (Å²) >= 11 is 0. The smallest absolute Gasteiger partial charge is 0.267 e. The summed E-state index contributed by atoms with van der Waals surface area (Å²) in [5.74, 6) is 0.769. The zero-order valence-corrected chi connectivity index (χ0v) is 18.1. The second-order valence-electron chi connectivity index (χ2n) is 7.61. The molecule has 0 spiro atoms. The maximum atomic E-state index is 12.2. The normalized spacial score (nSPS) is 11.0. The topological polar surface area (TPSA) is 112 Å². The number of pyridine rings is 1. The molecule has 0 unspecified atom stereocenters. The van der Waals surface area contributed by atoms with Gasteiger partial charge >= 0.3 is 0 Å². The van der Waals surface area contributed by atoms with E-state index in [0.717, 1.165) is 11.3 Å². The quantitative estimate of drug-likeness (QED) is 0.464. The fourth-order valence-corrected chi connectivity index (χ4v) is 3.33. The number of anilines is 2. The van der Waals surface area contributed by atoms with Crippen LogP contribution in [0, 0.1) is 0 Å². The Labute approximate surface area is 186 Å². The van der Waals surface area contributed by atoms with Crippen molar-refractivity contribution in [2.24, 2.45) is 0 Å². The van der Waals surface area contributed by atoms with Gasteiger partial charge in [-0.25, -0.2) is 14.6 Å². The molecule has 0 amide bonds. The van der Waals surface area contributed by atoms with E-state index in [1.54, 1.807) is 12.3 Å². The van der Waals surface area contributed by atoms with Crippen LogP contribution in [0.2, 0.25) is 0 Å². The van der Waals surface area contributed by atoms with Crippen LogP contribution in [0.1, 0.15) is 25.6 Å². The zero-order valence-electron chi connectivity index (χ0n) is 18.1. The van der Waals surface area contributed by atoms with Crippen molar-refractivity contribution < 1.29 is 0 Å². The molecule has 0 radical (unpaired) electrons. The molecule has 0 fully saturated rings.